The molecule has 0 saturated heterocycles. The summed E-state index contributed by atoms with van der Waals surface area (Å²) in [5.74, 6) is 0. The smallest absolute Gasteiger partial charge is 0.0888 e. The molecule has 0 fully saturated rings. The number of hydrogen-bond donors (Lipinski definition) is 1. The Hall–Kier alpha value is -0.830. The Bertz CT molecular complexity index is 218. The highest BCUT2D eigenvalue weighted by Crippen LogP contribution is 2.04. The molecular weight excluding hydrogens is 164 g/mol. The number of ether oxygens (including phenoxy) is 1. The van der Waals surface area contributed by atoms with Crippen LogP contribution in [0.2, 0.25) is 0 Å². The SMILES string of the molecule is CC.Cc1cn[nH]c1COC(C)C. The maximum absolute atomic E-state index is 5.40. The summed E-state index contributed by atoms with van der Waals surface area (Å²) in [5, 5.41) is 6.78. The lowest BCUT2D eigenvalue weighted by molar-refractivity contribution is 0.0633. The van der Waals surface area contributed by atoms with E-state index < -0.39 is 0 Å². The van der Waals surface area contributed by atoms with Gasteiger partial charge in [-0.25, -0.2) is 0 Å². The molecule has 0 radical (unpaired) electrons. The molecule has 76 valence electrons. The maximum Gasteiger partial charge on any atom is 0.0888 e. The summed E-state index contributed by atoms with van der Waals surface area (Å²) in [4.78, 5) is 0. The molecule has 1 rings (SSSR count). The van der Waals surface area contributed by atoms with E-state index in [1.807, 2.05) is 34.6 Å². The first-order chi connectivity index (χ1) is 6.20. The summed E-state index contributed by atoms with van der Waals surface area (Å²) >= 11 is 0. The molecule has 1 aromatic rings. The van der Waals surface area contributed by atoms with Gasteiger partial charge in [-0.05, 0) is 26.3 Å². The van der Waals surface area contributed by atoms with Crippen LogP contribution >= 0.6 is 0 Å². The molecule has 0 unspecified atom stereocenters. The summed E-state index contributed by atoms with van der Waals surface area (Å²) in [6.45, 7) is 10.7. The van der Waals surface area contributed by atoms with Crippen LogP contribution in [0.1, 0.15) is 39.0 Å². The predicted molar refractivity (Wildman–Crippen MR) is 54.6 cm³/mol. The molecule has 0 aliphatic rings. The minimum atomic E-state index is 0.276. The fraction of sp³-hybridized carbons (Fsp3) is 0.700. The van der Waals surface area contributed by atoms with Gasteiger partial charge in [0.05, 0.1) is 24.6 Å². The largest absolute Gasteiger partial charge is 0.373 e. The lowest BCUT2D eigenvalue weighted by Crippen LogP contribution is -2.03. The molecule has 0 aliphatic carbocycles. The summed E-state index contributed by atoms with van der Waals surface area (Å²) in [6.07, 6.45) is 2.08. The molecule has 0 bridgehead atoms. The van der Waals surface area contributed by atoms with Gasteiger partial charge in [0.15, 0.2) is 0 Å². The zero-order chi connectivity index (χ0) is 10.3. The van der Waals surface area contributed by atoms with Crippen LogP contribution in [0.5, 0.6) is 0 Å². The van der Waals surface area contributed by atoms with Crippen molar-refractivity contribution < 1.29 is 4.74 Å². The van der Waals surface area contributed by atoms with Crippen LogP contribution in [0.25, 0.3) is 0 Å². The second-order valence-electron chi connectivity index (χ2n) is 2.89. The molecule has 0 atom stereocenters. The molecule has 3 heteroatoms. The number of H-pyrrole nitrogens is 1. The van der Waals surface area contributed by atoms with Crippen molar-refractivity contribution in [1.82, 2.24) is 10.2 Å². The van der Waals surface area contributed by atoms with Crippen LogP contribution in [0.4, 0.5) is 0 Å². The van der Waals surface area contributed by atoms with Gasteiger partial charge in [-0.3, -0.25) is 5.10 Å². The molecule has 0 aromatic carbocycles. The molecule has 0 spiro atoms. The Kier molecular flexibility index (Phi) is 6.24. The molecular formula is C10H20N2O. The van der Waals surface area contributed by atoms with Crippen LogP contribution < -0.4 is 0 Å². The number of aromatic amines is 1. The fourth-order valence-electron chi connectivity index (χ4n) is 0.769. The Labute approximate surface area is 80.5 Å². The van der Waals surface area contributed by atoms with Crippen molar-refractivity contribution in [3.8, 4) is 0 Å². The second kappa shape index (κ2) is 6.66. The average molecular weight is 184 g/mol. The molecule has 3 nitrogen and oxygen atoms in total. The zero-order valence-electron chi connectivity index (χ0n) is 9.22. The summed E-state index contributed by atoms with van der Waals surface area (Å²) in [6, 6.07) is 0. The van der Waals surface area contributed by atoms with E-state index in [9.17, 15) is 0 Å². The Morgan fingerprint density at radius 3 is 2.46 bits per heavy atom. The zero-order valence-corrected chi connectivity index (χ0v) is 9.22. The fourth-order valence-corrected chi connectivity index (χ4v) is 0.769. The minimum Gasteiger partial charge on any atom is -0.373 e. The van der Waals surface area contributed by atoms with Crippen molar-refractivity contribution in [1.29, 1.82) is 0 Å². The Morgan fingerprint density at radius 2 is 2.08 bits per heavy atom. The van der Waals surface area contributed by atoms with Gasteiger partial charge in [0, 0.05) is 0 Å². The maximum atomic E-state index is 5.40. The van der Waals surface area contributed by atoms with E-state index in [1.165, 1.54) is 0 Å². The Morgan fingerprint density at radius 1 is 1.46 bits per heavy atom. The molecule has 1 heterocycles. The van der Waals surface area contributed by atoms with Crippen LogP contribution in [-0.4, -0.2) is 16.3 Å². The third-order valence-electron chi connectivity index (χ3n) is 1.49. The molecule has 0 aliphatic heterocycles. The van der Waals surface area contributed by atoms with E-state index in [1.54, 1.807) is 6.20 Å². The Balaban J connectivity index is 0.000000671. The van der Waals surface area contributed by atoms with Gasteiger partial charge in [0.2, 0.25) is 0 Å². The monoisotopic (exact) mass is 184 g/mol. The number of aryl methyl sites for hydroxylation is 1. The highest BCUT2D eigenvalue weighted by atomic mass is 16.5. The lowest BCUT2D eigenvalue weighted by Gasteiger charge is -2.05. The van der Waals surface area contributed by atoms with Crippen molar-refractivity contribution in [2.45, 2.75) is 47.3 Å². The van der Waals surface area contributed by atoms with Crippen molar-refractivity contribution in [2.75, 3.05) is 0 Å². The standard InChI is InChI=1S/C8H14N2O.C2H6/c1-6(2)11-5-8-7(3)4-9-10-8;1-2/h4,6H,5H2,1-3H3,(H,9,10);1-2H3. The van der Waals surface area contributed by atoms with E-state index in [0.29, 0.717) is 6.61 Å². The van der Waals surface area contributed by atoms with Gasteiger partial charge in [-0.2, -0.15) is 5.10 Å². The van der Waals surface area contributed by atoms with Crippen molar-refractivity contribution in [3.05, 3.63) is 17.5 Å². The lowest BCUT2D eigenvalue weighted by atomic mass is 10.3. The van der Waals surface area contributed by atoms with Gasteiger partial charge in [0.25, 0.3) is 0 Å². The van der Waals surface area contributed by atoms with E-state index >= 15 is 0 Å². The normalized spacial score (nSPS) is 9.69. The number of rotatable bonds is 3. The van der Waals surface area contributed by atoms with E-state index in [0.717, 1.165) is 11.3 Å². The summed E-state index contributed by atoms with van der Waals surface area (Å²) < 4.78 is 5.40. The molecule has 0 amide bonds. The minimum absolute atomic E-state index is 0.276. The highest BCUT2D eigenvalue weighted by molar-refractivity contribution is 5.12. The van der Waals surface area contributed by atoms with E-state index in [-0.39, 0.29) is 6.10 Å². The topological polar surface area (TPSA) is 37.9 Å². The van der Waals surface area contributed by atoms with Gasteiger partial charge in [-0.15, -0.1) is 0 Å². The van der Waals surface area contributed by atoms with Gasteiger partial charge < -0.3 is 4.74 Å². The number of nitrogens with one attached hydrogen (secondary N) is 1. The predicted octanol–water partition coefficient (Wildman–Crippen LogP) is 2.67. The quantitative estimate of drug-likeness (QED) is 0.784. The average Bonchev–Trinajstić information content (AvgIpc) is 2.51. The number of aromatic nitrogens is 2. The molecule has 1 N–H and O–H groups in total. The molecule has 13 heavy (non-hydrogen) atoms. The first-order valence-electron chi connectivity index (χ1n) is 4.80. The number of hydrogen-bond acceptors (Lipinski definition) is 2. The van der Waals surface area contributed by atoms with Crippen LogP contribution in [0.3, 0.4) is 0 Å². The number of nitrogens with zero attached hydrogens (tertiary/aromatic N) is 1. The van der Waals surface area contributed by atoms with Crippen LogP contribution in [0, 0.1) is 6.92 Å². The first kappa shape index (κ1) is 12.2. The van der Waals surface area contributed by atoms with Gasteiger partial charge >= 0.3 is 0 Å². The van der Waals surface area contributed by atoms with Crippen LogP contribution in [0.15, 0.2) is 6.20 Å². The van der Waals surface area contributed by atoms with Crippen molar-refractivity contribution >= 4 is 0 Å². The van der Waals surface area contributed by atoms with Crippen molar-refractivity contribution in [3.63, 3.8) is 0 Å². The van der Waals surface area contributed by atoms with E-state index in [4.69, 9.17) is 4.74 Å². The molecule has 0 saturated carbocycles. The first-order valence-corrected chi connectivity index (χ1v) is 4.80. The van der Waals surface area contributed by atoms with Gasteiger partial charge in [0.1, 0.15) is 0 Å². The summed E-state index contributed by atoms with van der Waals surface area (Å²) in [7, 11) is 0. The molecule has 1 aromatic heterocycles. The third-order valence-corrected chi connectivity index (χ3v) is 1.49. The van der Waals surface area contributed by atoms with Gasteiger partial charge in [-0.1, -0.05) is 13.8 Å². The third kappa shape index (κ3) is 4.68. The highest BCUT2D eigenvalue weighted by Gasteiger charge is 2.00. The second-order valence-corrected chi connectivity index (χ2v) is 2.89. The summed E-state index contributed by atoms with van der Waals surface area (Å²) in [5.41, 5.74) is 2.23. The van der Waals surface area contributed by atoms with E-state index in [2.05, 4.69) is 10.2 Å². The van der Waals surface area contributed by atoms with Crippen molar-refractivity contribution in [2.24, 2.45) is 0 Å². The van der Waals surface area contributed by atoms with Crippen LogP contribution in [-0.2, 0) is 11.3 Å².